The number of hydrogen-bond donors (Lipinski definition) is 1. The van der Waals surface area contributed by atoms with E-state index in [1.807, 2.05) is 6.92 Å². The molecule has 0 bridgehead atoms. The Kier molecular flexibility index (Phi) is 3.85. The van der Waals surface area contributed by atoms with Crippen LogP contribution < -0.4 is 5.73 Å². The van der Waals surface area contributed by atoms with Crippen LogP contribution >= 0.6 is 11.3 Å². The van der Waals surface area contributed by atoms with E-state index in [2.05, 4.69) is 24.2 Å². The van der Waals surface area contributed by atoms with Gasteiger partial charge >= 0.3 is 0 Å². The second-order valence-electron chi connectivity index (χ2n) is 5.01. The van der Waals surface area contributed by atoms with Crippen molar-refractivity contribution in [1.82, 2.24) is 14.7 Å². The average molecular weight is 292 g/mol. The van der Waals surface area contributed by atoms with Crippen molar-refractivity contribution >= 4 is 22.9 Å². The fourth-order valence-electron chi connectivity index (χ4n) is 2.14. The molecule has 0 spiro atoms. The zero-order chi connectivity index (χ0) is 15.0. The van der Waals surface area contributed by atoms with Crippen LogP contribution in [-0.2, 0) is 7.05 Å². The minimum absolute atomic E-state index is 0.0100. The summed E-state index contributed by atoms with van der Waals surface area (Å²) in [5, 5.41) is 4.20. The second kappa shape index (κ2) is 5.28. The Labute approximate surface area is 123 Å². The molecule has 0 radical (unpaired) electrons. The van der Waals surface area contributed by atoms with Gasteiger partial charge in [-0.05, 0) is 32.9 Å². The lowest BCUT2D eigenvalue weighted by Gasteiger charge is -2.24. The Morgan fingerprint density at radius 2 is 2.10 bits per heavy atom. The van der Waals surface area contributed by atoms with Gasteiger partial charge in [-0.3, -0.25) is 9.48 Å². The number of carbonyl (C=O) groups is 1. The molecule has 6 heteroatoms. The van der Waals surface area contributed by atoms with Crippen LogP contribution in [0.4, 0.5) is 5.69 Å². The molecule has 0 fully saturated rings. The van der Waals surface area contributed by atoms with Gasteiger partial charge < -0.3 is 10.6 Å². The molecule has 1 unspecified atom stereocenters. The van der Waals surface area contributed by atoms with E-state index in [0.717, 1.165) is 4.88 Å². The number of carbonyl (C=O) groups excluding carboxylic acids is 1. The fourth-order valence-corrected chi connectivity index (χ4v) is 3.11. The van der Waals surface area contributed by atoms with Gasteiger partial charge in [0.2, 0.25) is 0 Å². The number of aryl methyl sites for hydroxylation is 3. The van der Waals surface area contributed by atoms with Crippen molar-refractivity contribution in [3.8, 4) is 0 Å². The van der Waals surface area contributed by atoms with Crippen molar-refractivity contribution in [2.24, 2.45) is 7.05 Å². The first-order chi connectivity index (χ1) is 9.32. The van der Waals surface area contributed by atoms with Crippen LogP contribution in [0.25, 0.3) is 0 Å². The van der Waals surface area contributed by atoms with Crippen molar-refractivity contribution in [3.63, 3.8) is 0 Å². The zero-order valence-corrected chi connectivity index (χ0v) is 13.3. The number of nitrogens with zero attached hydrogens (tertiary/aromatic N) is 3. The van der Waals surface area contributed by atoms with Crippen LogP contribution in [0.2, 0.25) is 0 Å². The first kappa shape index (κ1) is 14.6. The third-order valence-corrected chi connectivity index (χ3v) is 4.72. The van der Waals surface area contributed by atoms with Crippen LogP contribution in [0.1, 0.15) is 38.9 Å². The molecule has 20 heavy (non-hydrogen) atoms. The molecule has 0 saturated heterocycles. The molecule has 0 aromatic carbocycles. The van der Waals surface area contributed by atoms with Gasteiger partial charge in [0.1, 0.15) is 5.69 Å². The number of nitrogens with two attached hydrogens (primary N) is 1. The van der Waals surface area contributed by atoms with Crippen LogP contribution in [-0.4, -0.2) is 27.6 Å². The van der Waals surface area contributed by atoms with Gasteiger partial charge in [0, 0.05) is 23.8 Å². The maximum absolute atomic E-state index is 12.6. The van der Waals surface area contributed by atoms with Crippen LogP contribution in [0.15, 0.2) is 12.1 Å². The monoisotopic (exact) mass is 292 g/mol. The molecule has 2 rings (SSSR count). The highest BCUT2D eigenvalue weighted by molar-refractivity contribution is 7.12. The summed E-state index contributed by atoms with van der Waals surface area (Å²) >= 11 is 1.70. The molecular formula is C14H20N4OS. The van der Waals surface area contributed by atoms with E-state index in [4.69, 9.17) is 5.73 Å². The Bertz CT molecular complexity index is 644. The third-order valence-electron chi connectivity index (χ3n) is 3.55. The van der Waals surface area contributed by atoms with Crippen molar-refractivity contribution in [2.45, 2.75) is 26.8 Å². The number of anilines is 1. The molecule has 0 aliphatic rings. The lowest BCUT2D eigenvalue weighted by molar-refractivity contribution is 0.0735. The molecule has 1 atom stereocenters. The number of amides is 1. The van der Waals surface area contributed by atoms with Gasteiger partial charge in [-0.25, -0.2) is 0 Å². The Hall–Kier alpha value is -1.82. The summed E-state index contributed by atoms with van der Waals surface area (Å²) in [6.07, 6.45) is 0. The van der Waals surface area contributed by atoms with Gasteiger partial charge in [0.25, 0.3) is 5.91 Å². The molecule has 0 aliphatic carbocycles. The van der Waals surface area contributed by atoms with Crippen molar-refractivity contribution in [3.05, 3.63) is 33.3 Å². The maximum Gasteiger partial charge on any atom is 0.274 e. The maximum atomic E-state index is 12.6. The van der Waals surface area contributed by atoms with E-state index in [-0.39, 0.29) is 11.9 Å². The number of aromatic nitrogens is 2. The van der Waals surface area contributed by atoms with E-state index in [1.165, 1.54) is 4.88 Å². The summed E-state index contributed by atoms with van der Waals surface area (Å²) in [5.41, 5.74) is 7.55. The summed E-state index contributed by atoms with van der Waals surface area (Å²) in [5.74, 6) is -0.107. The number of thiophene rings is 1. The molecular weight excluding hydrogens is 272 g/mol. The van der Waals surface area contributed by atoms with Gasteiger partial charge in [-0.1, -0.05) is 0 Å². The zero-order valence-electron chi connectivity index (χ0n) is 12.5. The number of rotatable bonds is 3. The van der Waals surface area contributed by atoms with Crippen molar-refractivity contribution in [2.75, 3.05) is 12.8 Å². The average Bonchev–Trinajstić information content (AvgIpc) is 2.92. The molecule has 2 heterocycles. The van der Waals surface area contributed by atoms with E-state index < -0.39 is 0 Å². The highest BCUT2D eigenvalue weighted by Gasteiger charge is 2.25. The molecule has 0 aliphatic heterocycles. The molecule has 1 amide bonds. The highest BCUT2D eigenvalue weighted by Crippen LogP contribution is 2.28. The number of nitrogen functional groups attached to an aromatic ring is 1. The molecule has 2 N–H and O–H groups in total. The van der Waals surface area contributed by atoms with Gasteiger partial charge in [0.15, 0.2) is 0 Å². The topological polar surface area (TPSA) is 64.2 Å². The summed E-state index contributed by atoms with van der Waals surface area (Å²) < 4.78 is 1.55. The Morgan fingerprint density at radius 3 is 2.55 bits per heavy atom. The normalized spacial score (nSPS) is 12.4. The Morgan fingerprint density at radius 1 is 1.45 bits per heavy atom. The summed E-state index contributed by atoms with van der Waals surface area (Å²) in [6, 6.07) is 4.14. The lowest BCUT2D eigenvalue weighted by atomic mass is 10.2. The molecule has 108 valence electrons. The SMILES string of the molecule is Cc1ccc(C(C)N(C)C(=O)c2c(N)c(C)nn2C)s1. The largest absolute Gasteiger partial charge is 0.395 e. The van der Waals surface area contributed by atoms with Gasteiger partial charge in [-0.15, -0.1) is 11.3 Å². The predicted octanol–water partition coefficient (Wildman–Crippen LogP) is 2.51. The first-order valence-electron chi connectivity index (χ1n) is 6.45. The van der Waals surface area contributed by atoms with Crippen LogP contribution in [0.3, 0.4) is 0 Å². The molecule has 0 saturated carbocycles. The highest BCUT2D eigenvalue weighted by atomic mass is 32.1. The summed E-state index contributed by atoms with van der Waals surface area (Å²) in [6.45, 7) is 5.88. The quantitative estimate of drug-likeness (QED) is 0.945. The van der Waals surface area contributed by atoms with E-state index in [9.17, 15) is 4.79 Å². The van der Waals surface area contributed by atoms with Gasteiger partial charge in [0.05, 0.1) is 17.4 Å². The third kappa shape index (κ3) is 2.43. The second-order valence-corrected chi connectivity index (χ2v) is 6.33. The van der Waals surface area contributed by atoms with E-state index in [1.54, 1.807) is 41.9 Å². The minimum Gasteiger partial charge on any atom is -0.395 e. The summed E-state index contributed by atoms with van der Waals surface area (Å²) in [4.78, 5) is 16.7. The minimum atomic E-state index is -0.107. The molecule has 2 aromatic heterocycles. The Balaban J connectivity index is 2.28. The predicted molar refractivity (Wildman–Crippen MR) is 81.9 cm³/mol. The van der Waals surface area contributed by atoms with Crippen LogP contribution in [0.5, 0.6) is 0 Å². The van der Waals surface area contributed by atoms with Crippen LogP contribution in [0, 0.1) is 13.8 Å². The summed E-state index contributed by atoms with van der Waals surface area (Å²) in [7, 11) is 3.54. The van der Waals surface area contributed by atoms with E-state index >= 15 is 0 Å². The number of hydrogen-bond acceptors (Lipinski definition) is 4. The molecule has 5 nitrogen and oxygen atoms in total. The smallest absolute Gasteiger partial charge is 0.274 e. The lowest BCUT2D eigenvalue weighted by Crippen LogP contribution is -2.31. The van der Waals surface area contributed by atoms with Crippen molar-refractivity contribution < 1.29 is 4.79 Å². The van der Waals surface area contributed by atoms with Gasteiger partial charge in [-0.2, -0.15) is 5.10 Å². The first-order valence-corrected chi connectivity index (χ1v) is 7.27. The standard InChI is InChI=1S/C14H20N4OS/c1-8-6-7-11(20-8)10(3)17(4)14(19)13-12(15)9(2)16-18(13)5/h6-7,10H,15H2,1-5H3. The van der Waals surface area contributed by atoms with Crippen molar-refractivity contribution in [1.29, 1.82) is 0 Å². The fraction of sp³-hybridized carbons (Fsp3) is 0.429. The van der Waals surface area contributed by atoms with E-state index in [0.29, 0.717) is 17.1 Å². The molecule has 2 aromatic rings.